The number of azo groups is 1. The van der Waals surface area contributed by atoms with Crippen LogP contribution in [0.15, 0.2) is 39.3 Å². The van der Waals surface area contributed by atoms with Gasteiger partial charge < -0.3 is 4.98 Å². The summed E-state index contributed by atoms with van der Waals surface area (Å²) in [5.41, 5.74) is 1.17. The van der Waals surface area contributed by atoms with E-state index < -0.39 is 0 Å². The second-order valence-electron chi connectivity index (χ2n) is 3.27. The maximum atomic E-state index is 11.6. The maximum Gasteiger partial charge on any atom is 0.261 e. The van der Waals surface area contributed by atoms with Crippen molar-refractivity contribution in [1.29, 1.82) is 5.41 Å². The average Bonchev–Trinajstić information content (AvgIpc) is 2.62. The number of nitrogens with one attached hydrogen (secondary N) is 2. The van der Waals surface area contributed by atoms with Gasteiger partial charge in [-0.2, -0.15) is 0 Å². The lowest BCUT2D eigenvalue weighted by Gasteiger charge is -2.00. The molecule has 15 heavy (non-hydrogen) atoms. The number of aromatic nitrogens is 1. The lowest BCUT2D eigenvalue weighted by atomic mass is 10.1. The van der Waals surface area contributed by atoms with Crippen LogP contribution in [0.5, 0.6) is 0 Å². The highest BCUT2D eigenvalue weighted by molar-refractivity contribution is 6.09. The number of H-pyrrole nitrogens is 1. The number of fused-ring (bicyclic) bond motifs is 3. The summed E-state index contributed by atoms with van der Waals surface area (Å²) < 4.78 is 0. The fourth-order valence-electron chi connectivity index (χ4n) is 1.70. The Morgan fingerprint density at radius 2 is 2.00 bits per heavy atom. The highest BCUT2D eigenvalue weighted by atomic mass is 16.1. The molecule has 3 rings (SSSR count). The minimum absolute atomic E-state index is 0.0722. The van der Waals surface area contributed by atoms with Gasteiger partial charge in [-0.1, -0.05) is 18.2 Å². The monoisotopic (exact) mass is 198 g/mol. The standard InChI is InChI=1S/C10H6N4O/c11-9-7-8(13-14-9)5-3-1-2-4-6(5)12-10(7)15/h1-4,11H,(H,12,15). The van der Waals surface area contributed by atoms with E-state index in [0.717, 1.165) is 10.9 Å². The molecule has 0 fully saturated rings. The molecule has 5 nitrogen and oxygen atoms in total. The third-order valence-corrected chi connectivity index (χ3v) is 2.38. The molecule has 0 saturated heterocycles. The van der Waals surface area contributed by atoms with E-state index in [1.807, 2.05) is 18.2 Å². The van der Waals surface area contributed by atoms with Crippen molar-refractivity contribution in [3.05, 3.63) is 40.2 Å². The number of para-hydroxylation sites is 1. The van der Waals surface area contributed by atoms with E-state index in [2.05, 4.69) is 15.2 Å². The second-order valence-corrected chi connectivity index (χ2v) is 3.27. The molecular weight excluding hydrogens is 192 g/mol. The van der Waals surface area contributed by atoms with E-state index in [4.69, 9.17) is 5.41 Å². The quantitative estimate of drug-likeness (QED) is 0.666. The number of hydrogen-bond donors (Lipinski definition) is 2. The lowest BCUT2D eigenvalue weighted by Crippen LogP contribution is -2.14. The van der Waals surface area contributed by atoms with E-state index in [1.54, 1.807) is 6.07 Å². The summed E-state index contributed by atoms with van der Waals surface area (Å²) in [4.78, 5) is 14.3. The Morgan fingerprint density at radius 1 is 1.20 bits per heavy atom. The van der Waals surface area contributed by atoms with Crippen LogP contribution in [0, 0.1) is 5.41 Å². The van der Waals surface area contributed by atoms with Crippen molar-refractivity contribution in [3.8, 4) is 0 Å². The van der Waals surface area contributed by atoms with Gasteiger partial charge in [-0.3, -0.25) is 10.2 Å². The molecule has 2 N–H and O–H groups in total. The Bertz CT molecular complexity index is 669. The van der Waals surface area contributed by atoms with Crippen molar-refractivity contribution < 1.29 is 0 Å². The Balaban J connectivity index is 2.59. The van der Waals surface area contributed by atoms with E-state index in [9.17, 15) is 4.79 Å². The first kappa shape index (κ1) is 8.05. The highest BCUT2D eigenvalue weighted by Crippen LogP contribution is 2.30. The smallest absolute Gasteiger partial charge is 0.261 e. The fourth-order valence-corrected chi connectivity index (χ4v) is 1.70. The lowest BCUT2D eigenvalue weighted by molar-refractivity contribution is 1.28. The van der Waals surface area contributed by atoms with Crippen molar-refractivity contribution in [2.75, 3.05) is 0 Å². The van der Waals surface area contributed by atoms with E-state index in [-0.39, 0.29) is 17.0 Å². The van der Waals surface area contributed by atoms with Gasteiger partial charge in [-0.25, -0.2) is 0 Å². The van der Waals surface area contributed by atoms with Gasteiger partial charge in [-0.15, -0.1) is 10.2 Å². The number of hydrogen-bond acceptors (Lipinski definition) is 3. The minimum Gasteiger partial charge on any atom is -0.321 e. The van der Waals surface area contributed by atoms with Gasteiger partial charge in [0.1, 0.15) is 11.3 Å². The molecule has 0 amide bonds. The topological polar surface area (TPSA) is 81.4 Å². The van der Waals surface area contributed by atoms with Crippen LogP contribution in [0.2, 0.25) is 0 Å². The van der Waals surface area contributed by atoms with Crippen molar-refractivity contribution in [1.82, 2.24) is 4.98 Å². The van der Waals surface area contributed by atoms with Gasteiger partial charge in [0.25, 0.3) is 5.56 Å². The first-order chi connectivity index (χ1) is 7.27. The number of benzene rings is 1. The van der Waals surface area contributed by atoms with Crippen molar-refractivity contribution in [2.24, 2.45) is 10.2 Å². The normalized spacial score (nSPS) is 13.5. The number of amidine groups is 1. The van der Waals surface area contributed by atoms with Crippen LogP contribution in [-0.4, -0.2) is 10.8 Å². The van der Waals surface area contributed by atoms with Crippen molar-refractivity contribution in [3.63, 3.8) is 0 Å². The molecule has 0 atom stereocenters. The largest absolute Gasteiger partial charge is 0.321 e. The van der Waals surface area contributed by atoms with Crippen molar-refractivity contribution in [2.45, 2.75) is 0 Å². The van der Waals surface area contributed by atoms with Crippen molar-refractivity contribution >= 4 is 22.4 Å². The van der Waals surface area contributed by atoms with E-state index in [1.165, 1.54) is 0 Å². The molecule has 2 aromatic rings. The summed E-state index contributed by atoms with van der Waals surface area (Å²) in [5.74, 6) is -0.0722. The molecular formula is C10H6N4O. The molecule has 0 aliphatic carbocycles. The second kappa shape index (κ2) is 2.60. The summed E-state index contributed by atoms with van der Waals surface area (Å²) in [6.45, 7) is 0. The van der Waals surface area contributed by atoms with E-state index in [0.29, 0.717) is 5.69 Å². The van der Waals surface area contributed by atoms with Gasteiger partial charge in [0, 0.05) is 5.39 Å². The highest BCUT2D eigenvalue weighted by Gasteiger charge is 2.20. The number of nitrogens with zero attached hydrogens (tertiary/aromatic N) is 2. The average molecular weight is 198 g/mol. The zero-order valence-electron chi connectivity index (χ0n) is 7.61. The minimum atomic E-state index is -0.307. The Labute approximate surface area is 84.0 Å². The summed E-state index contributed by atoms with van der Waals surface area (Å²) >= 11 is 0. The van der Waals surface area contributed by atoms with Gasteiger partial charge in [-0.05, 0) is 6.07 Å². The van der Waals surface area contributed by atoms with Crippen LogP contribution < -0.4 is 5.56 Å². The third kappa shape index (κ3) is 0.969. The van der Waals surface area contributed by atoms with Crippen LogP contribution in [0.25, 0.3) is 10.9 Å². The Morgan fingerprint density at radius 3 is 2.87 bits per heavy atom. The SMILES string of the molecule is N=C1N=Nc2c1c(=O)[nH]c1ccccc21. The first-order valence-corrected chi connectivity index (χ1v) is 4.43. The van der Waals surface area contributed by atoms with Crippen LogP contribution in [0.1, 0.15) is 5.56 Å². The molecule has 0 saturated carbocycles. The first-order valence-electron chi connectivity index (χ1n) is 4.43. The maximum absolute atomic E-state index is 11.6. The van der Waals surface area contributed by atoms with Gasteiger partial charge in [0.05, 0.1) is 5.52 Å². The Kier molecular flexibility index (Phi) is 1.39. The predicted octanol–water partition coefficient (Wildman–Crippen LogP) is 1.95. The molecule has 1 aliphatic rings. The van der Waals surface area contributed by atoms with Gasteiger partial charge >= 0.3 is 0 Å². The summed E-state index contributed by atoms with van der Waals surface area (Å²) in [6, 6.07) is 7.34. The molecule has 72 valence electrons. The molecule has 1 aromatic heterocycles. The zero-order valence-corrected chi connectivity index (χ0v) is 7.61. The van der Waals surface area contributed by atoms with Crippen LogP contribution in [0.3, 0.4) is 0 Å². The summed E-state index contributed by atoms with van der Waals surface area (Å²) in [6.07, 6.45) is 0. The molecule has 0 bridgehead atoms. The molecule has 1 aromatic carbocycles. The van der Waals surface area contributed by atoms with Crippen LogP contribution in [-0.2, 0) is 0 Å². The number of pyridine rings is 1. The molecule has 0 unspecified atom stereocenters. The zero-order chi connectivity index (χ0) is 10.4. The van der Waals surface area contributed by atoms with E-state index >= 15 is 0 Å². The van der Waals surface area contributed by atoms with Crippen LogP contribution in [0.4, 0.5) is 5.69 Å². The summed E-state index contributed by atoms with van der Waals surface area (Å²) in [5, 5.41) is 15.7. The van der Waals surface area contributed by atoms with Gasteiger partial charge in [0.15, 0.2) is 5.84 Å². The molecule has 0 spiro atoms. The molecule has 5 heteroatoms. The third-order valence-electron chi connectivity index (χ3n) is 2.38. The van der Waals surface area contributed by atoms with Gasteiger partial charge in [0.2, 0.25) is 0 Å². The molecule has 2 heterocycles. The molecule has 1 aliphatic heterocycles. The number of aromatic amines is 1. The van der Waals surface area contributed by atoms with Crippen LogP contribution >= 0.6 is 0 Å². The predicted molar refractivity (Wildman–Crippen MR) is 55.9 cm³/mol. The number of rotatable bonds is 0. The summed E-state index contributed by atoms with van der Waals surface area (Å²) in [7, 11) is 0. The Hall–Kier alpha value is -2.30. The fraction of sp³-hybridized carbons (Fsp3) is 0. The molecule has 0 radical (unpaired) electrons.